The molecule has 0 bridgehead atoms. The first-order chi connectivity index (χ1) is 9.74. The van der Waals surface area contributed by atoms with Gasteiger partial charge in [0, 0.05) is 18.7 Å². The average molecular weight is 269 g/mol. The third kappa shape index (κ3) is 1.94. The Kier molecular flexibility index (Phi) is 3.15. The Hall–Kier alpha value is -2.35. The summed E-state index contributed by atoms with van der Waals surface area (Å²) >= 11 is 0. The van der Waals surface area contributed by atoms with Crippen LogP contribution in [0, 0.1) is 17.2 Å². The number of aldehydes is 1. The minimum atomic E-state index is 0.0149. The van der Waals surface area contributed by atoms with Crippen LogP contribution in [0.4, 0.5) is 5.69 Å². The van der Waals surface area contributed by atoms with Gasteiger partial charge < -0.3 is 10.2 Å². The molecule has 5 nitrogen and oxygen atoms in total. The molecule has 2 unspecified atom stereocenters. The van der Waals surface area contributed by atoms with Gasteiger partial charge in [-0.3, -0.25) is 9.59 Å². The van der Waals surface area contributed by atoms with Gasteiger partial charge in [-0.25, -0.2) is 0 Å². The summed E-state index contributed by atoms with van der Waals surface area (Å²) in [7, 11) is 0. The van der Waals surface area contributed by atoms with Crippen LogP contribution in [0.3, 0.4) is 0 Å². The summed E-state index contributed by atoms with van der Waals surface area (Å²) in [5, 5.41) is 12.2. The summed E-state index contributed by atoms with van der Waals surface area (Å²) in [5.74, 6) is 0.128. The number of nitrogens with one attached hydrogen (secondary N) is 1. The van der Waals surface area contributed by atoms with E-state index in [1.165, 1.54) is 0 Å². The van der Waals surface area contributed by atoms with Gasteiger partial charge in [0.05, 0.1) is 23.2 Å². The van der Waals surface area contributed by atoms with Gasteiger partial charge >= 0.3 is 0 Å². The number of nitriles is 1. The fourth-order valence-electron chi connectivity index (χ4n) is 3.22. The van der Waals surface area contributed by atoms with Crippen molar-refractivity contribution in [1.29, 1.82) is 5.26 Å². The van der Waals surface area contributed by atoms with Crippen molar-refractivity contribution in [2.45, 2.75) is 18.9 Å². The third-order valence-corrected chi connectivity index (χ3v) is 4.19. The lowest BCUT2D eigenvalue weighted by molar-refractivity contribution is -0.122. The second kappa shape index (κ2) is 4.97. The Morgan fingerprint density at radius 3 is 3.05 bits per heavy atom. The molecule has 3 rings (SSSR count). The van der Waals surface area contributed by atoms with Crippen LogP contribution in [0.25, 0.3) is 0 Å². The molecule has 0 aliphatic carbocycles. The van der Waals surface area contributed by atoms with Crippen LogP contribution in [-0.2, 0) is 4.79 Å². The maximum Gasteiger partial charge on any atom is 0.225 e. The van der Waals surface area contributed by atoms with Crippen LogP contribution in [0.5, 0.6) is 0 Å². The smallest absolute Gasteiger partial charge is 0.225 e. The van der Waals surface area contributed by atoms with Crippen LogP contribution >= 0.6 is 0 Å². The lowest BCUT2D eigenvalue weighted by atomic mass is 9.90. The second-order valence-corrected chi connectivity index (χ2v) is 5.26. The zero-order chi connectivity index (χ0) is 14.1. The van der Waals surface area contributed by atoms with Crippen molar-refractivity contribution >= 4 is 17.9 Å². The highest BCUT2D eigenvalue weighted by molar-refractivity contribution is 5.84. The van der Waals surface area contributed by atoms with E-state index in [0.29, 0.717) is 17.7 Å². The number of fused-ring (bicyclic) bond motifs is 1. The predicted octanol–water partition coefficient (Wildman–Crippen LogP) is 1.09. The first-order valence-corrected chi connectivity index (χ1v) is 6.78. The maximum absolute atomic E-state index is 11.8. The molecule has 2 saturated heterocycles. The number of hydrogen-bond donors (Lipinski definition) is 1. The van der Waals surface area contributed by atoms with Gasteiger partial charge in [0.2, 0.25) is 5.91 Å². The summed E-state index contributed by atoms with van der Waals surface area (Å²) in [6.07, 6.45) is 2.58. The minimum Gasteiger partial charge on any atom is -0.365 e. The molecule has 5 heteroatoms. The Bertz CT molecular complexity index is 606. The Labute approximate surface area is 117 Å². The summed E-state index contributed by atoms with van der Waals surface area (Å²) in [4.78, 5) is 24.7. The topological polar surface area (TPSA) is 73.2 Å². The van der Waals surface area contributed by atoms with Crippen LogP contribution in [0.2, 0.25) is 0 Å². The highest BCUT2D eigenvalue weighted by Gasteiger charge is 2.41. The number of carbonyl (C=O) groups is 2. The predicted molar refractivity (Wildman–Crippen MR) is 73.4 cm³/mol. The molecule has 1 aromatic rings. The summed E-state index contributed by atoms with van der Waals surface area (Å²) in [5.41, 5.74) is 1.82. The molecule has 2 fully saturated rings. The van der Waals surface area contributed by atoms with E-state index in [1.54, 1.807) is 12.1 Å². The molecule has 0 aromatic heterocycles. The monoisotopic (exact) mass is 269 g/mol. The number of piperidine rings is 1. The quantitative estimate of drug-likeness (QED) is 0.815. The molecular weight excluding hydrogens is 254 g/mol. The number of carbonyl (C=O) groups excluding carboxylic acids is 2. The molecule has 2 heterocycles. The number of benzene rings is 1. The molecule has 102 valence electrons. The molecule has 0 saturated carbocycles. The van der Waals surface area contributed by atoms with Gasteiger partial charge in [-0.1, -0.05) is 0 Å². The van der Waals surface area contributed by atoms with Crippen molar-refractivity contribution in [3.63, 3.8) is 0 Å². The van der Waals surface area contributed by atoms with Crippen molar-refractivity contribution in [1.82, 2.24) is 5.32 Å². The van der Waals surface area contributed by atoms with Crippen molar-refractivity contribution in [2.24, 2.45) is 5.92 Å². The van der Waals surface area contributed by atoms with Crippen LogP contribution in [-0.4, -0.2) is 31.3 Å². The van der Waals surface area contributed by atoms with Crippen LogP contribution in [0.1, 0.15) is 28.8 Å². The first-order valence-electron chi connectivity index (χ1n) is 6.78. The molecule has 0 spiro atoms. The molecule has 1 aromatic carbocycles. The molecule has 1 N–H and O–H groups in total. The van der Waals surface area contributed by atoms with Gasteiger partial charge in [-0.05, 0) is 31.0 Å². The lowest BCUT2D eigenvalue weighted by Gasteiger charge is -2.38. The zero-order valence-electron chi connectivity index (χ0n) is 11.0. The van der Waals surface area contributed by atoms with Crippen LogP contribution < -0.4 is 10.2 Å². The Morgan fingerprint density at radius 1 is 1.45 bits per heavy atom. The van der Waals surface area contributed by atoms with E-state index in [4.69, 9.17) is 0 Å². The van der Waals surface area contributed by atoms with Crippen molar-refractivity contribution in [2.75, 3.05) is 18.0 Å². The highest BCUT2D eigenvalue weighted by atomic mass is 16.2. The molecule has 0 radical (unpaired) electrons. The van der Waals surface area contributed by atoms with E-state index in [2.05, 4.69) is 16.3 Å². The number of anilines is 1. The first kappa shape index (κ1) is 12.7. The van der Waals surface area contributed by atoms with E-state index < -0.39 is 0 Å². The third-order valence-electron chi connectivity index (χ3n) is 4.19. The zero-order valence-corrected chi connectivity index (χ0v) is 11.0. The molecule has 2 aliphatic heterocycles. The van der Waals surface area contributed by atoms with Gasteiger partial charge in [-0.15, -0.1) is 0 Å². The Balaban J connectivity index is 1.98. The number of nitrogens with zero attached hydrogens (tertiary/aromatic N) is 2. The van der Waals surface area contributed by atoms with Crippen LogP contribution in [0.15, 0.2) is 18.2 Å². The SMILES string of the molecule is N#Cc1cc(C=O)ccc1N1CCCC2C(=O)NCC21. The second-order valence-electron chi connectivity index (χ2n) is 5.26. The standard InChI is InChI=1S/C15H15N3O2/c16-7-11-6-10(9-19)3-4-13(11)18-5-1-2-12-14(18)8-17-15(12)20/h3-4,6,9,12,14H,1-2,5,8H2,(H,17,20). The normalized spacial score (nSPS) is 24.8. The molecule has 20 heavy (non-hydrogen) atoms. The molecule has 2 aliphatic rings. The summed E-state index contributed by atoms with van der Waals surface area (Å²) in [6, 6.07) is 7.41. The fraction of sp³-hybridized carbons (Fsp3) is 0.400. The van der Waals surface area contributed by atoms with Crippen molar-refractivity contribution in [3.05, 3.63) is 29.3 Å². The fourth-order valence-corrected chi connectivity index (χ4v) is 3.22. The van der Waals surface area contributed by atoms with Gasteiger partial charge in [0.1, 0.15) is 12.4 Å². The van der Waals surface area contributed by atoms with Gasteiger partial charge in [-0.2, -0.15) is 5.26 Å². The van der Waals surface area contributed by atoms with Crippen molar-refractivity contribution < 1.29 is 9.59 Å². The maximum atomic E-state index is 11.8. The average Bonchev–Trinajstić information content (AvgIpc) is 2.88. The number of rotatable bonds is 2. The summed E-state index contributed by atoms with van der Waals surface area (Å²) in [6.45, 7) is 1.47. The van der Waals surface area contributed by atoms with E-state index in [-0.39, 0.29) is 17.9 Å². The number of amides is 1. The van der Waals surface area contributed by atoms with Crippen molar-refractivity contribution in [3.8, 4) is 6.07 Å². The number of hydrogen-bond acceptors (Lipinski definition) is 4. The van der Waals surface area contributed by atoms with E-state index in [1.807, 2.05) is 6.07 Å². The largest absolute Gasteiger partial charge is 0.365 e. The molecule has 2 atom stereocenters. The summed E-state index contributed by atoms with van der Waals surface area (Å²) < 4.78 is 0. The van der Waals surface area contributed by atoms with E-state index in [9.17, 15) is 14.9 Å². The van der Waals surface area contributed by atoms with Gasteiger partial charge in [0.15, 0.2) is 0 Å². The highest BCUT2D eigenvalue weighted by Crippen LogP contribution is 2.33. The Morgan fingerprint density at radius 2 is 2.30 bits per heavy atom. The molecular formula is C15H15N3O2. The lowest BCUT2D eigenvalue weighted by Crippen LogP contribution is -2.46. The van der Waals surface area contributed by atoms with Gasteiger partial charge in [0.25, 0.3) is 0 Å². The molecule has 1 amide bonds. The van der Waals surface area contributed by atoms with E-state index in [0.717, 1.165) is 31.4 Å². The minimum absolute atomic E-state index is 0.0149. The van der Waals surface area contributed by atoms with E-state index >= 15 is 0 Å².